The first-order valence-electron chi connectivity index (χ1n) is 9.74. The molecular formula is C23H23N3O3. The molecule has 6 heteroatoms. The number of fused-ring (bicyclic) bond motifs is 3. The van der Waals surface area contributed by atoms with Gasteiger partial charge in [0.1, 0.15) is 5.75 Å². The van der Waals surface area contributed by atoms with E-state index in [1.165, 1.54) is 0 Å². The maximum Gasteiger partial charge on any atom is 0.407 e. The van der Waals surface area contributed by atoms with E-state index in [1.807, 2.05) is 44.2 Å². The van der Waals surface area contributed by atoms with Gasteiger partial charge in [0.25, 0.3) is 0 Å². The molecule has 2 N–H and O–H groups in total. The molecule has 0 saturated heterocycles. The maximum atomic E-state index is 12.1. The molecule has 6 nitrogen and oxygen atoms in total. The molecular weight excluding hydrogens is 366 g/mol. The fourth-order valence-electron chi connectivity index (χ4n) is 4.07. The molecule has 0 fully saturated rings. The van der Waals surface area contributed by atoms with E-state index in [-0.39, 0.29) is 17.9 Å². The summed E-state index contributed by atoms with van der Waals surface area (Å²) in [5, 5.41) is 23.5. The Kier molecular flexibility index (Phi) is 4.89. The van der Waals surface area contributed by atoms with Crippen LogP contribution in [-0.2, 0) is 24.1 Å². The van der Waals surface area contributed by atoms with Crippen molar-refractivity contribution in [2.24, 2.45) is 0 Å². The zero-order valence-corrected chi connectivity index (χ0v) is 16.5. The van der Waals surface area contributed by atoms with E-state index in [9.17, 15) is 15.2 Å². The summed E-state index contributed by atoms with van der Waals surface area (Å²) < 4.78 is 7.40. The summed E-state index contributed by atoms with van der Waals surface area (Å²) in [7, 11) is 0. The number of nitriles is 1. The zero-order chi connectivity index (χ0) is 20.5. The van der Waals surface area contributed by atoms with Gasteiger partial charge in [-0.15, -0.1) is 0 Å². The number of carbonyl (C=O) groups excluding carboxylic acids is 1. The third-order valence-corrected chi connectivity index (χ3v) is 5.29. The van der Waals surface area contributed by atoms with Crippen LogP contribution in [0, 0.1) is 11.3 Å². The molecule has 0 unspecified atom stereocenters. The quantitative estimate of drug-likeness (QED) is 0.709. The summed E-state index contributed by atoms with van der Waals surface area (Å²) in [5.74, 6) is 0.255. The number of ether oxygens (including phenoxy) is 1. The van der Waals surface area contributed by atoms with Crippen LogP contribution in [0.25, 0.3) is 10.9 Å². The van der Waals surface area contributed by atoms with Gasteiger partial charge in [0.2, 0.25) is 0 Å². The number of nitrogens with one attached hydrogen (secondary N) is 1. The smallest absolute Gasteiger partial charge is 0.407 e. The fraction of sp³-hybridized carbons (Fsp3) is 0.304. The lowest BCUT2D eigenvalue weighted by Gasteiger charge is -2.16. The highest BCUT2D eigenvalue weighted by Crippen LogP contribution is 2.35. The normalized spacial score (nSPS) is 15.3. The summed E-state index contributed by atoms with van der Waals surface area (Å²) >= 11 is 0. The van der Waals surface area contributed by atoms with Gasteiger partial charge in [-0.25, -0.2) is 4.79 Å². The van der Waals surface area contributed by atoms with E-state index < -0.39 is 6.09 Å². The number of aromatic hydroxyl groups is 1. The van der Waals surface area contributed by atoms with E-state index in [2.05, 4.69) is 16.0 Å². The molecule has 0 saturated carbocycles. The number of amides is 1. The van der Waals surface area contributed by atoms with Crippen molar-refractivity contribution in [2.75, 3.05) is 0 Å². The van der Waals surface area contributed by atoms with Crippen LogP contribution in [-0.4, -0.2) is 27.9 Å². The number of phenolic OH excluding ortho intramolecular Hbond substituents is 1. The van der Waals surface area contributed by atoms with Gasteiger partial charge in [0.05, 0.1) is 24.3 Å². The van der Waals surface area contributed by atoms with Crippen molar-refractivity contribution < 1.29 is 14.6 Å². The van der Waals surface area contributed by atoms with Crippen molar-refractivity contribution in [3.05, 3.63) is 64.8 Å². The van der Waals surface area contributed by atoms with Crippen LogP contribution in [0.1, 0.15) is 36.2 Å². The van der Waals surface area contributed by atoms with E-state index in [0.717, 1.165) is 27.7 Å². The molecule has 0 bridgehead atoms. The summed E-state index contributed by atoms with van der Waals surface area (Å²) in [6.45, 7) is 4.16. The largest absolute Gasteiger partial charge is 0.508 e. The number of hydrogen-bond acceptors (Lipinski definition) is 4. The van der Waals surface area contributed by atoms with Crippen LogP contribution in [0.15, 0.2) is 42.5 Å². The first-order chi connectivity index (χ1) is 14.0. The Balaban J connectivity index is 1.72. The van der Waals surface area contributed by atoms with Crippen molar-refractivity contribution in [3.63, 3.8) is 0 Å². The molecule has 2 aromatic carbocycles. The maximum absolute atomic E-state index is 12.1. The Bertz CT molecular complexity index is 1120. The predicted octanol–water partition coefficient (Wildman–Crippen LogP) is 3.87. The molecule has 0 spiro atoms. The lowest BCUT2D eigenvalue weighted by Crippen LogP contribution is -2.37. The van der Waals surface area contributed by atoms with Gasteiger partial charge in [-0.05, 0) is 50.1 Å². The highest BCUT2D eigenvalue weighted by Gasteiger charge is 2.30. The fourth-order valence-corrected chi connectivity index (χ4v) is 4.07. The monoisotopic (exact) mass is 389 g/mol. The van der Waals surface area contributed by atoms with Crippen LogP contribution >= 0.6 is 0 Å². The second-order valence-electron chi connectivity index (χ2n) is 7.69. The molecule has 1 aromatic heterocycles. The van der Waals surface area contributed by atoms with Gasteiger partial charge in [0.15, 0.2) is 0 Å². The van der Waals surface area contributed by atoms with Crippen molar-refractivity contribution in [1.82, 2.24) is 9.88 Å². The highest BCUT2D eigenvalue weighted by atomic mass is 16.6. The first-order valence-corrected chi connectivity index (χ1v) is 9.74. The van der Waals surface area contributed by atoms with Crippen molar-refractivity contribution in [2.45, 2.75) is 45.4 Å². The van der Waals surface area contributed by atoms with E-state index in [4.69, 9.17) is 4.74 Å². The Morgan fingerprint density at radius 2 is 2.10 bits per heavy atom. The lowest BCUT2D eigenvalue weighted by atomic mass is 10.1. The third kappa shape index (κ3) is 3.64. The molecule has 1 aliphatic carbocycles. The number of nitrogens with zero attached hydrogens (tertiary/aromatic N) is 2. The summed E-state index contributed by atoms with van der Waals surface area (Å²) in [6.07, 6.45) is 0.770. The minimum absolute atomic E-state index is 0.0583. The number of para-hydroxylation sites is 1. The van der Waals surface area contributed by atoms with Gasteiger partial charge in [-0.1, -0.05) is 18.2 Å². The van der Waals surface area contributed by atoms with Crippen LogP contribution in [0.4, 0.5) is 4.79 Å². The average molecular weight is 389 g/mol. The van der Waals surface area contributed by atoms with Crippen LogP contribution < -0.4 is 5.32 Å². The Hall–Kier alpha value is -3.46. The molecule has 29 heavy (non-hydrogen) atoms. The number of hydrogen-bond donors (Lipinski definition) is 2. The summed E-state index contributed by atoms with van der Waals surface area (Å²) in [6, 6.07) is 15.1. The Labute approximate surface area is 169 Å². The second kappa shape index (κ2) is 7.51. The molecule has 0 radical (unpaired) electrons. The van der Waals surface area contributed by atoms with Gasteiger partial charge < -0.3 is 19.7 Å². The predicted molar refractivity (Wildman–Crippen MR) is 110 cm³/mol. The molecule has 1 atom stereocenters. The second-order valence-corrected chi connectivity index (χ2v) is 7.69. The first kappa shape index (κ1) is 18.9. The molecule has 0 aliphatic heterocycles. The summed E-state index contributed by atoms with van der Waals surface area (Å²) in [5.41, 5.74) is 4.72. The molecule has 3 aromatic rings. The average Bonchev–Trinajstić information content (AvgIpc) is 3.20. The molecule has 1 aliphatic rings. The van der Waals surface area contributed by atoms with Crippen molar-refractivity contribution >= 4 is 17.0 Å². The number of rotatable bonds is 4. The number of phenols is 1. The highest BCUT2D eigenvalue weighted by molar-refractivity contribution is 5.88. The Morgan fingerprint density at radius 3 is 2.83 bits per heavy atom. The van der Waals surface area contributed by atoms with Gasteiger partial charge in [-0.2, -0.15) is 5.26 Å². The number of benzene rings is 2. The Morgan fingerprint density at radius 1 is 1.31 bits per heavy atom. The van der Waals surface area contributed by atoms with E-state index in [0.29, 0.717) is 24.9 Å². The van der Waals surface area contributed by atoms with Gasteiger partial charge in [0, 0.05) is 34.6 Å². The number of aromatic nitrogens is 1. The minimum atomic E-state index is -0.413. The minimum Gasteiger partial charge on any atom is -0.508 e. The van der Waals surface area contributed by atoms with Crippen LogP contribution in [0.5, 0.6) is 5.75 Å². The van der Waals surface area contributed by atoms with Crippen LogP contribution in [0.2, 0.25) is 0 Å². The van der Waals surface area contributed by atoms with E-state index >= 15 is 0 Å². The van der Waals surface area contributed by atoms with Crippen molar-refractivity contribution in [3.8, 4) is 11.8 Å². The zero-order valence-electron chi connectivity index (χ0n) is 16.5. The summed E-state index contributed by atoms with van der Waals surface area (Å²) in [4.78, 5) is 12.1. The van der Waals surface area contributed by atoms with Gasteiger partial charge in [-0.3, -0.25) is 0 Å². The number of alkyl carbamates (subject to hydrolysis) is 1. The molecule has 1 amide bonds. The van der Waals surface area contributed by atoms with Crippen LogP contribution in [0.3, 0.4) is 0 Å². The van der Waals surface area contributed by atoms with E-state index in [1.54, 1.807) is 12.1 Å². The number of carbonyl (C=O) groups is 1. The molecule has 4 rings (SSSR count). The standard InChI is InChI=1S/C23H23N3O3/c1-14(2)29-23(28)25-17-10-19-18-9-15(12-24)7-8-20(18)26(21(19)11-17)13-16-5-3-4-6-22(16)27/h3-9,14,17,27H,10-11,13H2,1-2H3,(H,25,28)/t17-/m0/s1. The van der Waals surface area contributed by atoms with Gasteiger partial charge >= 0.3 is 6.09 Å². The molecule has 148 valence electrons. The topological polar surface area (TPSA) is 87.3 Å². The lowest BCUT2D eigenvalue weighted by molar-refractivity contribution is 0.112. The SMILES string of the molecule is CC(C)OC(=O)N[C@H]1Cc2c(n(Cc3ccccc3O)c3ccc(C#N)cc23)C1. The molecule has 1 heterocycles. The van der Waals surface area contributed by atoms with Crippen molar-refractivity contribution in [1.29, 1.82) is 5.26 Å². The third-order valence-electron chi connectivity index (χ3n) is 5.29.